The van der Waals surface area contributed by atoms with Crippen molar-refractivity contribution in [3.63, 3.8) is 0 Å². The normalized spacial score (nSPS) is 12.2. The zero-order valence-corrected chi connectivity index (χ0v) is 15.0. The Morgan fingerprint density at radius 3 is 2.33 bits per heavy atom. The minimum absolute atomic E-state index is 0.270. The van der Waals surface area contributed by atoms with E-state index in [0.717, 1.165) is 23.6 Å². The highest BCUT2D eigenvalue weighted by atomic mass is 79.9. The van der Waals surface area contributed by atoms with Crippen LogP contribution in [0.25, 0.3) is 0 Å². The molecule has 2 rings (SSSR count). The van der Waals surface area contributed by atoms with E-state index in [2.05, 4.69) is 48.0 Å². The summed E-state index contributed by atoms with van der Waals surface area (Å²) in [6, 6.07) is 12.5. The first-order valence-electron chi connectivity index (χ1n) is 7.05. The predicted molar refractivity (Wildman–Crippen MR) is 93.9 cm³/mol. The number of rotatable bonds is 5. The van der Waals surface area contributed by atoms with Crippen LogP contribution in [0.4, 0.5) is 0 Å². The average Bonchev–Trinajstić information content (AvgIpc) is 2.49. The highest BCUT2D eigenvalue weighted by Crippen LogP contribution is 2.34. The Bertz CT molecular complexity index is 607. The lowest BCUT2D eigenvalue weighted by molar-refractivity contribution is 0.414. The molecule has 0 aliphatic heterocycles. The van der Waals surface area contributed by atoms with Gasteiger partial charge in [0.25, 0.3) is 0 Å². The van der Waals surface area contributed by atoms with E-state index in [0.29, 0.717) is 0 Å². The molecule has 0 N–H and O–H groups in total. The van der Waals surface area contributed by atoms with E-state index in [1.165, 1.54) is 22.3 Å². The molecule has 0 radical (unpaired) electrons. The molecule has 0 heterocycles. The van der Waals surface area contributed by atoms with Crippen molar-refractivity contribution < 1.29 is 4.74 Å². The summed E-state index contributed by atoms with van der Waals surface area (Å²) in [6.07, 6.45) is 2.01. The molecular formula is C18H20BrClO. The van der Waals surface area contributed by atoms with Gasteiger partial charge >= 0.3 is 0 Å². The molecule has 0 aliphatic rings. The molecule has 0 aromatic heterocycles. The standard InChI is InChI=1S/C18H20BrClO/c1-12-10-16(18(20)11-13(12)2)17(19)9-6-14-4-7-15(21-3)8-5-14/h4-5,7-8,10-11,17H,6,9H2,1-3H3. The smallest absolute Gasteiger partial charge is 0.118 e. The maximum absolute atomic E-state index is 6.37. The lowest BCUT2D eigenvalue weighted by atomic mass is 10.00. The van der Waals surface area contributed by atoms with Crippen molar-refractivity contribution in [2.45, 2.75) is 31.5 Å². The minimum atomic E-state index is 0.270. The van der Waals surface area contributed by atoms with E-state index in [1.807, 2.05) is 18.2 Å². The summed E-state index contributed by atoms with van der Waals surface area (Å²) in [5, 5.41) is 0.842. The van der Waals surface area contributed by atoms with Gasteiger partial charge in [-0.25, -0.2) is 0 Å². The number of halogens is 2. The Balaban J connectivity index is 2.04. The van der Waals surface area contributed by atoms with Gasteiger partial charge in [-0.15, -0.1) is 0 Å². The van der Waals surface area contributed by atoms with Crippen LogP contribution in [0.3, 0.4) is 0 Å². The van der Waals surface area contributed by atoms with Crippen molar-refractivity contribution in [1.82, 2.24) is 0 Å². The molecule has 112 valence electrons. The van der Waals surface area contributed by atoms with Crippen LogP contribution in [0.15, 0.2) is 36.4 Å². The van der Waals surface area contributed by atoms with E-state index in [-0.39, 0.29) is 4.83 Å². The second-order valence-corrected chi connectivity index (χ2v) is 6.82. The summed E-state index contributed by atoms with van der Waals surface area (Å²) in [4.78, 5) is 0.270. The molecule has 0 saturated heterocycles. The summed E-state index contributed by atoms with van der Waals surface area (Å²) >= 11 is 10.1. The lowest BCUT2D eigenvalue weighted by Crippen LogP contribution is -1.97. The zero-order chi connectivity index (χ0) is 15.4. The van der Waals surface area contributed by atoms with Crippen molar-refractivity contribution in [2.24, 2.45) is 0 Å². The first kappa shape index (κ1) is 16.4. The van der Waals surface area contributed by atoms with E-state index in [4.69, 9.17) is 16.3 Å². The van der Waals surface area contributed by atoms with Gasteiger partial charge < -0.3 is 4.74 Å². The van der Waals surface area contributed by atoms with Gasteiger partial charge in [-0.2, -0.15) is 0 Å². The third-order valence-corrected chi connectivity index (χ3v) is 5.07. The van der Waals surface area contributed by atoms with Crippen LogP contribution in [0.2, 0.25) is 5.02 Å². The van der Waals surface area contributed by atoms with Crippen LogP contribution in [0.5, 0.6) is 5.75 Å². The number of hydrogen-bond donors (Lipinski definition) is 0. The van der Waals surface area contributed by atoms with Crippen molar-refractivity contribution in [2.75, 3.05) is 7.11 Å². The van der Waals surface area contributed by atoms with Crippen molar-refractivity contribution in [3.8, 4) is 5.75 Å². The lowest BCUT2D eigenvalue weighted by Gasteiger charge is -2.14. The number of hydrogen-bond acceptors (Lipinski definition) is 1. The first-order chi connectivity index (χ1) is 10.0. The quantitative estimate of drug-likeness (QED) is 0.586. The van der Waals surface area contributed by atoms with E-state index < -0.39 is 0 Å². The predicted octanol–water partition coefficient (Wildman–Crippen LogP) is 6.03. The summed E-state index contributed by atoms with van der Waals surface area (Å²) < 4.78 is 5.18. The number of benzene rings is 2. The van der Waals surface area contributed by atoms with Gasteiger partial charge in [-0.3, -0.25) is 0 Å². The Kier molecular flexibility index (Phi) is 5.72. The third kappa shape index (κ3) is 4.24. The maximum Gasteiger partial charge on any atom is 0.118 e. The van der Waals surface area contributed by atoms with Crippen LogP contribution in [0.1, 0.15) is 33.5 Å². The van der Waals surface area contributed by atoms with Crippen molar-refractivity contribution in [3.05, 3.63) is 63.7 Å². The molecule has 0 bridgehead atoms. The molecule has 1 atom stereocenters. The third-order valence-electron chi connectivity index (χ3n) is 3.80. The van der Waals surface area contributed by atoms with Crippen LogP contribution in [0, 0.1) is 13.8 Å². The van der Waals surface area contributed by atoms with Crippen LogP contribution in [-0.2, 0) is 6.42 Å². The molecule has 0 fully saturated rings. The molecule has 1 unspecified atom stereocenters. The highest BCUT2D eigenvalue weighted by molar-refractivity contribution is 9.09. The van der Waals surface area contributed by atoms with Crippen LogP contribution < -0.4 is 4.74 Å². The Labute approximate surface area is 140 Å². The number of alkyl halides is 1. The summed E-state index contributed by atoms with van der Waals surface area (Å²) in [6.45, 7) is 4.21. The van der Waals surface area contributed by atoms with Gasteiger partial charge in [0.15, 0.2) is 0 Å². The molecule has 0 aliphatic carbocycles. The first-order valence-corrected chi connectivity index (χ1v) is 8.34. The molecule has 0 saturated carbocycles. The maximum atomic E-state index is 6.37. The van der Waals surface area contributed by atoms with Gasteiger partial charge in [0.2, 0.25) is 0 Å². The molecule has 2 aromatic rings. The van der Waals surface area contributed by atoms with Gasteiger partial charge in [-0.05, 0) is 67.1 Å². The number of methoxy groups -OCH3 is 1. The Hall–Kier alpha value is -0.990. The molecular weight excluding hydrogens is 348 g/mol. The van der Waals surface area contributed by atoms with Crippen molar-refractivity contribution in [1.29, 1.82) is 0 Å². The average molecular weight is 368 g/mol. The Morgan fingerprint density at radius 2 is 1.71 bits per heavy atom. The second-order valence-electron chi connectivity index (χ2n) is 5.31. The van der Waals surface area contributed by atoms with Gasteiger partial charge in [0, 0.05) is 9.85 Å². The minimum Gasteiger partial charge on any atom is -0.497 e. The van der Waals surface area contributed by atoms with Crippen LogP contribution in [-0.4, -0.2) is 7.11 Å². The highest BCUT2D eigenvalue weighted by Gasteiger charge is 2.13. The van der Waals surface area contributed by atoms with Gasteiger partial charge in [0.1, 0.15) is 5.75 Å². The fraction of sp³-hybridized carbons (Fsp3) is 0.333. The second kappa shape index (κ2) is 7.33. The summed E-state index contributed by atoms with van der Waals surface area (Å²) in [5.74, 6) is 0.895. The molecule has 2 aromatic carbocycles. The Morgan fingerprint density at radius 1 is 1.10 bits per heavy atom. The van der Waals surface area contributed by atoms with E-state index >= 15 is 0 Å². The van der Waals surface area contributed by atoms with Crippen molar-refractivity contribution >= 4 is 27.5 Å². The molecule has 21 heavy (non-hydrogen) atoms. The fourth-order valence-electron chi connectivity index (χ4n) is 2.28. The van der Waals surface area contributed by atoms with E-state index in [9.17, 15) is 0 Å². The summed E-state index contributed by atoms with van der Waals surface area (Å²) in [5.41, 5.74) is 5.00. The molecule has 3 heteroatoms. The molecule has 1 nitrogen and oxygen atoms in total. The van der Waals surface area contributed by atoms with Gasteiger partial charge in [-0.1, -0.05) is 45.7 Å². The zero-order valence-electron chi connectivity index (χ0n) is 12.6. The SMILES string of the molecule is COc1ccc(CCC(Br)c2cc(C)c(C)cc2Cl)cc1. The van der Waals surface area contributed by atoms with Crippen LogP contribution >= 0.6 is 27.5 Å². The van der Waals surface area contributed by atoms with E-state index in [1.54, 1.807) is 7.11 Å². The monoisotopic (exact) mass is 366 g/mol. The van der Waals surface area contributed by atoms with Gasteiger partial charge in [0.05, 0.1) is 7.11 Å². The largest absolute Gasteiger partial charge is 0.497 e. The number of aryl methyl sites for hydroxylation is 3. The molecule has 0 spiro atoms. The fourth-order valence-corrected chi connectivity index (χ4v) is 3.37. The summed E-state index contributed by atoms with van der Waals surface area (Å²) in [7, 11) is 1.69. The number of ether oxygens (including phenoxy) is 1. The topological polar surface area (TPSA) is 9.23 Å². The molecule has 0 amide bonds.